The van der Waals surface area contributed by atoms with Gasteiger partial charge in [-0.15, -0.1) is 63.0 Å². The fourth-order valence-electron chi connectivity index (χ4n) is 6.97. The molecule has 1 nitrogen and oxygen atoms in total. The van der Waals surface area contributed by atoms with Crippen molar-refractivity contribution in [2.45, 2.75) is 119 Å². The molecule has 0 aromatic heterocycles. The molecule has 6 aromatic rings. The van der Waals surface area contributed by atoms with Crippen LogP contribution in [0.25, 0.3) is 43.8 Å². The molecule has 0 aliphatic heterocycles. The minimum atomic E-state index is -0.00600. The molecule has 0 unspecified atom stereocenters. The first-order chi connectivity index (χ1) is 23.1. The minimum Gasteiger partial charge on any atom is -1.00 e. The van der Waals surface area contributed by atoms with E-state index in [0.29, 0.717) is 0 Å². The Balaban J connectivity index is 0.000000370. The van der Waals surface area contributed by atoms with E-state index in [4.69, 9.17) is 4.74 Å². The van der Waals surface area contributed by atoms with Crippen LogP contribution in [0.4, 0.5) is 0 Å². The summed E-state index contributed by atoms with van der Waals surface area (Å²) in [5.41, 5.74) is 13.5. The Morgan fingerprint density at radius 3 is 1.45 bits per heavy atom. The molecule has 0 N–H and O–H groups in total. The molecule has 0 aliphatic rings. The average molecular weight is 827 g/mol. The third-order valence-corrected chi connectivity index (χ3v) is 10.0. The monoisotopic (exact) mass is 824 g/mol. The van der Waals surface area contributed by atoms with Crippen molar-refractivity contribution in [3.8, 4) is 28.0 Å². The van der Waals surface area contributed by atoms with E-state index in [1.54, 1.807) is 0 Å². The van der Waals surface area contributed by atoms with Crippen LogP contribution in [-0.4, -0.2) is 7.11 Å². The Morgan fingerprint density at radius 2 is 0.981 bits per heavy atom. The zero-order valence-electron chi connectivity index (χ0n) is 34.8. The topological polar surface area (TPSA) is 9.23 Å². The van der Waals surface area contributed by atoms with Gasteiger partial charge in [-0.2, -0.15) is 12.1 Å². The zero-order chi connectivity index (χ0) is 37.0. The van der Waals surface area contributed by atoms with Crippen molar-refractivity contribution in [3.05, 3.63) is 124 Å². The number of ether oxygens (including phenoxy) is 1. The van der Waals surface area contributed by atoms with Gasteiger partial charge >= 0.3 is 26.2 Å². The Bertz CT molecular complexity index is 2100. The van der Waals surface area contributed by atoms with E-state index < -0.39 is 0 Å². The SMILES string of the molecule is COc1c(C(C)(C)C)cc2[cH-]c(C)cc2c1-c1cc(C(C)(C)C)cc(C(C)(C)C)c1.Cc1cc2c(-c3ccc(C(C)(C)C)cc3)cccc2[cH-]1.[Cl-].[Cl-].[Zr+4]. The molecule has 0 saturated carbocycles. The van der Waals surface area contributed by atoms with Crippen molar-refractivity contribution in [2.24, 2.45) is 0 Å². The van der Waals surface area contributed by atoms with Crippen LogP contribution < -0.4 is 29.6 Å². The van der Waals surface area contributed by atoms with E-state index >= 15 is 0 Å². The fraction of sp³-hybridized carbons (Fsp3) is 0.388. The maximum Gasteiger partial charge on any atom is 4.00 e. The molecule has 53 heavy (non-hydrogen) atoms. The maximum atomic E-state index is 6.13. The van der Waals surface area contributed by atoms with Crippen molar-refractivity contribution in [3.63, 3.8) is 0 Å². The van der Waals surface area contributed by atoms with Gasteiger partial charge in [0, 0.05) is 0 Å². The number of hydrogen-bond donors (Lipinski definition) is 0. The summed E-state index contributed by atoms with van der Waals surface area (Å²) >= 11 is 0. The van der Waals surface area contributed by atoms with Gasteiger partial charge in [-0.3, -0.25) is 0 Å². The standard InChI is InChI=1S/C29H39O.C20H21.2ClH.Zr/c1-18-12-19-16-24(29(8,9)10)26(30-11)25(23(19)13-18)20-14-21(27(2,3)4)17-22(15-20)28(5,6)7;1-14-12-16-6-5-7-18(19(16)13-14)15-8-10-17(11-9-15)20(2,3)4;;;/h12-17H,1-11H3;5-13H,1-4H3;2*1H;/q2*-1;;;+4/p-2. The first kappa shape index (κ1) is 46.5. The van der Waals surface area contributed by atoms with Gasteiger partial charge in [-0.25, -0.2) is 0 Å². The van der Waals surface area contributed by atoms with E-state index in [-0.39, 0.29) is 72.7 Å². The Hall–Kier alpha value is -2.64. The first-order valence-corrected chi connectivity index (χ1v) is 18.3. The quantitative estimate of drug-likeness (QED) is 0.164. The van der Waals surface area contributed by atoms with Crippen molar-refractivity contribution in [2.75, 3.05) is 7.11 Å². The molecule has 0 aliphatic carbocycles. The van der Waals surface area contributed by atoms with Crippen molar-refractivity contribution in [1.82, 2.24) is 0 Å². The second-order valence-electron chi connectivity index (χ2n) is 18.6. The van der Waals surface area contributed by atoms with E-state index in [1.807, 2.05) is 7.11 Å². The van der Waals surface area contributed by atoms with E-state index in [1.165, 1.54) is 77.2 Å². The molecular formula is C49H60Cl2OZr. The van der Waals surface area contributed by atoms with Crippen LogP contribution in [0, 0.1) is 13.8 Å². The van der Waals surface area contributed by atoms with Crippen molar-refractivity contribution in [1.29, 1.82) is 0 Å². The number of rotatable bonds is 3. The summed E-state index contributed by atoms with van der Waals surface area (Å²) in [5, 5.41) is 5.27. The van der Waals surface area contributed by atoms with Gasteiger partial charge in [0.05, 0.1) is 7.11 Å². The summed E-state index contributed by atoms with van der Waals surface area (Å²) in [5.74, 6) is 1.01. The molecule has 0 radical (unpaired) electrons. The van der Waals surface area contributed by atoms with Crippen molar-refractivity contribution >= 4 is 21.5 Å². The summed E-state index contributed by atoms with van der Waals surface area (Å²) < 4.78 is 6.13. The van der Waals surface area contributed by atoms with Crippen molar-refractivity contribution < 1.29 is 55.8 Å². The van der Waals surface area contributed by atoms with E-state index in [0.717, 1.165) is 5.75 Å². The number of hydrogen-bond acceptors (Lipinski definition) is 1. The second-order valence-corrected chi connectivity index (χ2v) is 18.6. The van der Waals surface area contributed by atoms with Gasteiger partial charge in [0.1, 0.15) is 5.75 Å². The third kappa shape index (κ3) is 10.4. The molecule has 0 heterocycles. The van der Waals surface area contributed by atoms with Gasteiger partial charge in [-0.1, -0.05) is 151 Å². The molecule has 0 bridgehead atoms. The molecule has 0 atom stereocenters. The smallest absolute Gasteiger partial charge is 1.00 e. The van der Waals surface area contributed by atoms with Crippen LogP contribution in [-0.2, 0) is 47.9 Å². The largest absolute Gasteiger partial charge is 4.00 e. The molecule has 0 fully saturated rings. The van der Waals surface area contributed by atoms with E-state index in [2.05, 4.69) is 188 Å². The van der Waals surface area contributed by atoms with Gasteiger partial charge in [0.15, 0.2) is 0 Å². The van der Waals surface area contributed by atoms with Gasteiger partial charge in [0.25, 0.3) is 0 Å². The number of benzene rings is 4. The fourth-order valence-corrected chi connectivity index (χ4v) is 6.97. The number of fused-ring (bicyclic) bond motifs is 2. The molecule has 6 aromatic carbocycles. The summed E-state index contributed by atoms with van der Waals surface area (Å²) in [4.78, 5) is 0. The Morgan fingerprint density at radius 1 is 0.491 bits per heavy atom. The van der Waals surface area contributed by atoms with Crippen LogP contribution >= 0.6 is 0 Å². The third-order valence-electron chi connectivity index (χ3n) is 10.0. The average Bonchev–Trinajstić information content (AvgIpc) is 3.58. The predicted molar refractivity (Wildman–Crippen MR) is 221 cm³/mol. The summed E-state index contributed by atoms with van der Waals surface area (Å²) in [6.07, 6.45) is 0. The van der Waals surface area contributed by atoms with E-state index in [9.17, 15) is 0 Å². The molecular weight excluding hydrogens is 767 g/mol. The van der Waals surface area contributed by atoms with Gasteiger partial charge in [0.2, 0.25) is 0 Å². The minimum absolute atomic E-state index is 0. The molecule has 0 saturated heterocycles. The normalized spacial score (nSPS) is 12.0. The van der Waals surface area contributed by atoms with Gasteiger partial charge in [-0.05, 0) is 60.6 Å². The van der Waals surface area contributed by atoms with Crippen LogP contribution in [0.1, 0.15) is 116 Å². The summed E-state index contributed by atoms with van der Waals surface area (Å²) in [7, 11) is 1.81. The molecule has 0 amide bonds. The Labute approximate surface area is 353 Å². The number of halogens is 2. The zero-order valence-corrected chi connectivity index (χ0v) is 38.8. The second kappa shape index (κ2) is 17.0. The van der Waals surface area contributed by atoms with Crippen LogP contribution in [0.15, 0.2) is 91.0 Å². The molecule has 280 valence electrons. The summed E-state index contributed by atoms with van der Waals surface area (Å²) in [6.45, 7) is 31.7. The van der Waals surface area contributed by atoms with Crippen LogP contribution in [0.3, 0.4) is 0 Å². The summed E-state index contributed by atoms with van der Waals surface area (Å²) in [6, 6.07) is 34.2. The van der Waals surface area contributed by atoms with Crippen LogP contribution in [0.5, 0.6) is 5.75 Å². The number of aryl methyl sites for hydroxylation is 2. The van der Waals surface area contributed by atoms with Crippen LogP contribution in [0.2, 0.25) is 0 Å². The number of methoxy groups -OCH3 is 1. The molecule has 0 spiro atoms. The Kier molecular flexibility index (Phi) is 14.9. The molecule has 6 rings (SSSR count). The maximum absolute atomic E-state index is 6.13. The first-order valence-electron chi connectivity index (χ1n) is 18.3. The molecule has 4 heteroatoms. The van der Waals surface area contributed by atoms with Gasteiger partial charge < -0.3 is 29.6 Å². The predicted octanol–water partition coefficient (Wildman–Crippen LogP) is 8.27.